The Bertz CT molecular complexity index is 1260. The molecule has 2 aromatic heterocycles. The van der Waals surface area contributed by atoms with Crippen molar-refractivity contribution in [3.8, 4) is 5.82 Å². The van der Waals surface area contributed by atoms with Gasteiger partial charge in [-0.15, -0.1) is 0 Å². The van der Waals surface area contributed by atoms with E-state index in [9.17, 15) is 9.59 Å². The first-order valence-electron chi connectivity index (χ1n) is 10.2. The number of anilines is 1. The molecule has 1 fully saturated rings. The van der Waals surface area contributed by atoms with E-state index in [1.807, 2.05) is 0 Å². The Kier molecular flexibility index (Phi) is 6.50. The topological polar surface area (TPSA) is 115 Å². The van der Waals surface area contributed by atoms with Gasteiger partial charge < -0.3 is 16.4 Å². The highest BCUT2D eigenvalue weighted by molar-refractivity contribution is 9.10. The minimum Gasteiger partial charge on any atom is -0.334 e. The van der Waals surface area contributed by atoms with Crippen molar-refractivity contribution < 1.29 is 9.59 Å². The number of nitrogens with one attached hydrogen (secondary N) is 2. The highest BCUT2D eigenvalue weighted by Gasteiger charge is 2.40. The number of aromatic nitrogens is 3. The van der Waals surface area contributed by atoms with E-state index in [0.717, 1.165) is 12.8 Å². The summed E-state index contributed by atoms with van der Waals surface area (Å²) in [4.78, 5) is 30.6. The van der Waals surface area contributed by atoms with Crippen LogP contribution in [0.15, 0.2) is 41.1 Å². The van der Waals surface area contributed by atoms with Crippen molar-refractivity contribution in [1.29, 1.82) is 0 Å². The maximum absolute atomic E-state index is 13.3. The summed E-state index contributed by atoms with van der Waals surface area (Å²) in [6, 6.07) is 8.04. The molecule has 1 aliphatic carbocycles. The van der Waals surface area contributed by atoms with Gasteiger partial charge in [-0.3, -0.25) is 9.59 Å². The van der Waals surface area contributed by atoms with E-state index in [0.29, 0.717) is 31.7 Å². The summed E-state index contributed by atoms with van der Waals surface area (Å²) in [6.07, 6.45) is 3.47. The lowest BCUT2D eigenvalue weighted by Gasteiger charge is -2.27. The molecule has 172 valence electrons. The number of hydrogen-bond acceptors (Lipinski definition) is 5. The third-order valence-corrected chi connectivity index (χ3v) is 6.34. The molecule has 3 aromatic rings. The van der Waals surface area contributed by atoms with Crippen LogP contribution in [0.5, 0.6) is 0 Å². The molecule has 0 saturated heterocycles. The number of benzene rings is 1. The van der Waals surface area contributed by atoms with Gasteiger partial charge in [0.25, 0.3) is 11.8 Å². The average molecular weight is 552 g/mol. The van der Waals surface area contributed by atoms with Gasteiger partial charge >= 0.3 is 0 Å². The first-order chi connectivity index (χ1) is 15.6. The molecule has 1 aliphatic rings. The summed E-state index contributed by atoms with van der Waals surface area (Å²) in [5, 5.41) is 10.7. The largest absolute Gasteiger partial charge is 0.334 e. The third-order valence-electron chi connectivity index (χ3n) is 5.44. The Balaban J connectivity index is 1.68. The Morgan fingerprint density at radius 2 is 1.97 bits per heavy atom. The molecule has 2 heterocycles. The van der Waals surface area contributed by atoms with Gasteiger partial charge in [0.15, 0.2) is 5.82 Å². The summed E-state index contributed by atoms with van der Waals surface area (Å²) in [5.74, 6) is -0.416. The first kappa shape index (κ1) is 23.7. The van der Waals surface area contributed by atoms with Crippen molar-refractivity contribution in [2.75, 3.05) is 5.32 Å². The van der Waals surface area contributed by atoms with Crippen LogP contribution in [0.1, 0.15) is 46.2 Å². The molecule has 0 aliphatic heterocycles. The molecule has 1 atom stereocenters. The second kappa shape index (κ2) is 9.06. The van der Waals surface area contributed by atoms with Crippen molar-refractivity contribution in [1.82, 2.24) is 20.1 Å². The predicted octanol–water partition coefficient (Wildman–Crippen LogP) is 4.71. The van der Waals surface area contributed by atoms with Gasteiger partial charge in [-0.1, -0.05) is 23.2 Å². The average Bonchev–Trinajstić information content (AvgIpc) is 3.53. The van der Waals surface area contributed by atoms with Gasteiger partial charge in [-0.25, -0.2) is 9.67 Å². The van der Waals surface area contributed by atoms with Gasteiger partial charge in [-0.2, -0.15) is 5.10 Å². The number of hydrogen-bond donors (Lipinski definition) is 3. The molecule has 11 heteroatoms. The number of amides is 2. The van der Waals surface area contributed by atoms with Crippen LogP contribution in [0.3, 0.4) is 0 Å². The lowest BCUT2D eigenvalue weighted by Crippen LogP contribution is -2.55. The fourth-order valence-corrected chi connectivity index (χ4v) is 4.42. The van der Waals surface area contributed by atoms with Crippen LogP contribution in [0.2, 0.25) is 10.0 Å². The summed E-state index contributed by atoms with van der Waals surface area (Å²) in [6.45, 7) is 3.54. The molecule has 1 saturated carbocycles. The second-order valence-electron chi connectivity index (χ2n) is 8.18. The van der Waals surface area contributed by atoms with E-state index in [-0.39, 0.29) is 17.2 Å². The summed E-state index contributed by atoms with van der Waals surface area (Å²) >= 11 is 15.8. The van der Waals surface area contributed by atoms with Gasteiger partial charge in [0.05, 0.1) is 21.9 Å². The van der Waals surface area contributed by atoms with Gasteiger partial charge in [-0.05, 0) is 78.4 Å². The normalized spacial score (nSPS) is 15.1. The zero-order valence-corrected chi connectivity index (χ0v) is 20.9. The van der Waals surface area contributed by atoms with Crippen molar-refractivity contribution in [3.05, 3.63) is 68.0 Å². The molecule has 0 bridgehead atoms. The standard InChI is InChI=1S/C22H21BrCl2N6O2/c1-11-8-13(24)9-14(20(32)29-22(2,26)12-5-6-12)18(11)28-21(33)16-10-17(23)30-31(16)19-15(25)4-3-7-27-19/h3-4,7-10,12H,5-6,26H2,1-2H3,(H,28,33)(H,29,32). The minimum absolute atomic E-state index is 0.171. The van der Waals surface area contributed by atoms with Crippen molar-refractivity contribution in [2.24, 2.45) is 11.7 Å². The molecule has 1 unspecified atom stereocenters. The quantitative estimate of drug-likeness (QED) is 0.384. The second-order valence-corrected chi connectivity index (χ2v) is 9.84. The Morgan fingerprint density at radius 1 is 1.24 bits per heavy atom. The summed E-state index contributed by atoms with van der Waals surface area (Å²) in [5.41, 5.74) is 6.77. The number of nitrogens with zero attached hydrogens (tertiary/aromatic N) is 3. The SMILES string of the molecule is Cc1cc(Cl)cc(C(=O)NC(C)(N)C2CC2)c1NC(=O)c1cc(Br)nn1-c1ncccc1Cl. The fourth-order valence-electron chi connectivity index (χ4n) is 3.57. The number of pyridine rings is 1. The molecular formula is C22H21BrCl2N6O2. The van der Waals surface area contributed by atoms with Crippen LogP contribution < -0.4 is 16.4 Å². The highest BCUT2D eigenvalue weighted by atomic mass is 79.9. The molecule has 33 heavy (non-hydrogen) atoms. The lowest BCUT2D eigenvalue weighted by atomic mass is 10.0. The van der Waals surface area contributed by atoms with E-state index in [1.54, 1.807) is 38.2 Å². The molecule has 2 amide bonds. The molecule has 4 rings (SSSR count). The van der Waals surface area contributed by atoms with Crippen LogP contribution in [-0.4, -0.2) is 32.2 Å². The van der Waals surface area contributed by atoms with Gasteiger partial charge in [0, 0.05) is 17.3 Å². The molecule has 0 spiro atoms. The predicted molar refractivity (Wildman–Crippen MR) is 131 cm³/mol. The van der Waals surface area contributed by atoms with Crippen molar-refractivity contribution in [2.45, 2.75) is 32.4 Å². The molecule has 4 N–H and O–H groups in total. The maximum atomic E-state index is 13.3. The number of halogens is 3. The van der Waals surface area contributed by atoms with Crippen LogP contribution in [0, 0.1) is 12.8 Å². The van der Waals surface area contributed by atoms with Crippen LogP contribution in [0.25, 0.3) is 5.82 Å². The zero-order chi connectivity index (χ0) is 23.9. The van der Waals surface area contributed by atoms with Crippen molar-refractivity contribution in [3.63, 3.8) is 0 Å². The zero-order valence-electron chi connectivity index (χ0n) is 17.8. The summed E-state index contributed by atoms with van der Waals surface area (Å²) in [7, 11) is 0. The van der Waals surface area contributed by atoms with Crippen LogP contribution >= 0.6 is 39.1 Å². The monoisotopic (exact) mass is 550 g/mol. The number of nitrogens with two attached hydrogens (primary N) is 1. The van der Waals surface area contributed by atoms with E-state index >= 15 is 0 Å². The van der Waals surface area contributed by atoms with E-state index < -0.39 is 17.5 Å². The van der Waals surface area contributed by atoms with Gasteiger partial charge in [0.1, 0.15) is 10.3 Å². The number of aryl methyl sites for hydroxylation is 1. The van der Waals surface area contributed by atoms with Gasteiger partial charge in [0.2, 0.25) is 0 Å². The number of rotatable bonds is 6. The number of carbonyl (C=O) groups is 2. The van der Waals surface area contributed by atoms with E-state index in [2.05, 4.69) is 36.6 Å². The number of carbonyl (C=O) groups excluding carboxylic acids is 2. The van der Waals surface area contributed by atoms with Crippen molar-refractivity contribution >= 4 is 56.6 Å². The fraction of sp³-hybridized carbons (Fsp3) is 0.273. The van der Waals surface area contributed by atoms with E-state index in [4.69, 9.17) is 28.9 Å². The molecule has 0 radical (unpaired) electrons. The van der Waals surface area contributed by atoms with E-state index in [1.165, 1.54) is 16.8 Å². The molecule has 1 aromatic carbocycles. The third kappa shape index (κ3) is 5.06. The smallest absolute Gasteiger partial charge is 0.274 e. The van der Waals surface area contributed by atoms with Crippen LogP contribution in [-0.2, 0) is 0 Å². The first-order valence-corrected chi connectivity index (χ1v) is 11.7. The Morgan fingerprint density at radius 3 is 2.64 bits per heavy atom. The highest BCUT2D eigenvalue weighted by Crippen LogP contribution is 2.37. The lowest BCUT2D eigenvalue weighted by molar-refractivity contribution is 0.0898. The maximum Gasteiger partial charge on any atom is 0.274 e. The summed E-state index contributed by atoms with van der Waals surface area (Å²) < 4.78 is 1.75. The van der Waals surface area contributed by atoms with Crippen LogP contribution in [0.4, 0.5) is 5.69 Å². The molecular weight excluding hydrogens is 531 g/mol. The minimum atomic E-state index is -0.853. The molecule has 8 nitrogen and oxygen atoms in total. The Hall–Kier alpha value is -2.46. The Labute approximate surface area is 209 Å².